The molecule has 0 saturated carbocycles. The van der Waals surface area contributed by atoms with E-state index in [4.69, 9.17) is 9.15 Å². The van der Waals surface area contributed by atoms with E-state index in [1.807, 2.05) is 29.8 Å². The molecule has 0 unspecified atom stereocenters. The van der Waals surface area contributed by atoms with Gasteiger partial charge in [-0.2, -0.15) is 4.98 Å². The number of aromatic nitrogens is 3. The zero-order valence-electron chi connectivity index (χ0n) is 15.1. The fourth-order valence-electron chi connectivity index (χ4n) is 3.03. The number of oxazole rings is 1. The Kier molecular flexibility index (Phi) is 4.93. The van der Waals surface area contributed by atoms with Crippen molar-refractivity contribution >= 4 is 28.8 Å². The molecule has 1 fully saturated rings. The van der Waals surface area contributed by atoms with E-state index in [0.717, 1.165) is 18.6 Å². The van der Waals surface area contributed by atoms with Crippen molar-refractivity contribution in [2.75, 3.05) is 36.5 Å². The van der Waals surface area contributed by atoms with Gasteiger partial charge in [-0.3, -0.25) is 0 Å². The van der Waals surface area contributed by atoms with E-state index < -0.39 is 0 Å². The van der Waals surface area contributed by atoms with Crippen LogP contribution in [0.15, 0.2) is 41.3 Å². The van der Waals surface area contributed by atoms with Gasteiger partial charge in [0.2, 0.25) is 0 Å². The maximum Gasteiger partial charge on any atom is 0.319 e. The van der Waals surface area contributed by atoms with Crippen molar-refractivity contribution in [1.82, 2.24) is 19.9 Å². The lowest BCUT2D eigenvalue weighted by atomic mass is 10.3. The van der Waals surface area contributed by atoms with Crippen molar-refractivity contribution in [1.29, 1.82) is 0 Å². The molecule has 0 spiro atoms. The zero-order chi connectivity index (χ0) is 18.6. The normalized spacial score (nSPS) is 15.7. The number of rotatable bonds is 5. The molecular weight excluding hydrogens is 348 g/mol. The highest BCUT2D eigenvalue weighted by atomic mass is 16.5. The molecule has 2 aromatic heterocycles. The molecule has 0 aliphatic carbocycles. The number of urea groups is 1. The summed E-state index contributed by atoms with van der Waals surface area (Å²) in [5, 5.41) is 5.74. The number of hydrogen-bond donors (Lipinski definition) is 2. The SMILES string of the molecule is C[C@@H](Cn1ccnc1)NC(=O)Nc1ccc2nc(N3CCOCC3)oc2c1. The van der Waals surface area contributed by atoms with Crippen LogP contribution >= 0.6 is 0 Å². The number of morpholine rings is 1. The summed E-state index contributed by atoms with van der Waals surface area (Å²) in [6.45, 7) is 5.45. The maximum absolute atomic E-state index is 12.2. The van der Waals surface area contributed by atoms with Gasteiger partial charge in [0.1, 0.15) is 5.52 Å². The molecule has 4 rings (SSSR count). The first-order chi connectivity index (χ1) is 13.2. The van der Waals surface area contributed by atoms with Crippen LogP contribution in [0.1, 0.15) is 6.92 Å². The Bertz CT molecular complexity index is 901. The summed E-state index contributed by atoms with van der Waals surface area (Å²) in [5.41, 5.74) is 2.05. The summed E-state index contributed by atoms with van der Waals surface area (Å²) in [6, 6.07) is 5.72. The third-order valence-corrected chi connectivity index (χ3v) is 4.34. The average molecular weight is 370 g/mol. The van der Waals surface area contributed by atoms with Crippen molar-refractivity contribution < 1.29 is 13.9 Å². The van der Waals surface area contributed by atoms with Crippen molar-refractivity contribution in [3.05, 3.63) is 36.9 Å². The Hall–Kier alpha value is -3.07. The van der Waals surface area contributed by atoms with Gasteiger partial charge in [-0.15, -0.1) is 0 Å². The van der Waals surface area contributed by atoms with E-state index in [2.05, 4.69) is 25.5 Å². The molecule has 1 saturated heterocycles. The average Bonchev–Trinajstić information content (AvgIpc) is 3.31. The van der Waals surface area contributed by atoms with Gasteiger partial charge < -0.3 is 29.3 Å². The Morgan fingerprint density at radius 2 is 2.19 bits per heavy atom. The van der Waals surface area contributed by atoms with Crippen LogP contribution in [0.4, 0.5) is 16.5 Å². The van der Waals surface area contributed by atoms with Crippen LogP contribution < -0.4 is 15.5 Å². The maximum atomic E-state index is 12.2. The fourth-order valence-corrected chi connectivity index (χ4v) is 3.03. The van der Waals surface area contributed by atoms with Gasteiger partial charge in [-0.1, -0.05) is 0 Å². The summed E-state index contributed by atoms with van der Waals surface area (Å²) in [4.78, 5) is 22.8. The van der Waals surface area contributed by atoms with Crippen LogP contribution in [0.5, 0.6) is 0 Å². The molecule has 0 bridgehead atoms. The second-order valence-corrected chi connectivity index (χ2v) is 6.54. The second kappa shape index (κ2) is 7.67. The van der Waals surface area contributed by atoms with Crippen molar-refractivity contribution in [2.45, 2.75) is 19.5 Å². The number of benzene rings is 1. The highest BCUT2D eigenvalue weighted by Crippen LogP contribution is 2.25. The van der Waals surface area contributed by atoms with Crippen LogP contribution in [-0.4, -0.2) is 52.9 Å². The Morgan fingerprint density at radius 1 is 1.33 bits per heavy atom. The van der Waals surface area contributed by atoms with Crippen LogP contribution in [0.2, 0.25) is 0 Å². The van der Waals surface area contributed by atoms with E-state index in [9.17, 15) is 4.79 Å². The highest BCUT2D eigenvalue weighted by Gasteiger charge is 2.17. The molecule has 3 heterocycles. The zero-order valence-corrected chi connectivity index (χ0v) is 15.1. The molecule has 9 nitrogen and oxygen atoms in total. The van der Waals surface area contributed by atoms with E-state index >= 15 is 0 Å². The van der Waals surface area contributed by atoms with E-state index in [-0.39, 0.29) is 12.1 Å². The number of nitrogens with one attached hydrogen (secondary N) is 2. The van der Waals surface area contributed by atoms with Crippen molar-refractivity contribution in [2.24, 2.45) is 0 Å². The third-order valence-electron chi connectivity index (χ3n) is 4.34. The molecule has 0 radical (unpaired) electrons. The predicted molar refractivity (Wildman–Crippen MR) is 101 cm³/mol. The molecule has 1 aliphatic heterocycles. The summed E-state index contributed by atoms with van der Waals surface area (Å²) in [5.74, 6) is 0. The van der Waals surface area contributed by atoms with Crippen LogP contribution in [0.3, 0.4) is 0 Å². The number of hydrogen-bond acceptors (Lipinski definition) is 6. The van der Waals surface area contributed by atoms with Gasteiger partial charge in [0.15, 0.2) is 5.58 Å². The number of carbonyl (C=O) groups is 1. The molecular formula is C18H22N6O3. The van der Waals surface area contributed by atoms with Gasteiger partial charge >= 0.3 is 6.03 Å². The quantitative estimate of drug-likeness (QED) is 0.714. The monoisotopic (exact) mass is 370 g/mol. The number of fused-ring (bicyclic) bond motifs is 1. The lowest BCUT2D eigenvalue weighted by molar-refractivity contribution is 0.120. The molecule has 142 valence electrons. The summed E-state index contributed by atoms with van der Waals surface area (Å²) < 4.78 is 13.1. The molecule has 9 heteroatoms. The number of ether oxygens (including phenoxy) is 1. The van der Waals surface area contributed by atoms with Gasteiger partial charge in [-0.05, 0) is 19.1 Å². The number of anilines is 2. The van der Waals surface area contributed by atoms with Gasteiger partial charge in [0.05, 0.1) is 19.5 Å². The molecule has 27 heavy (non-hydrogen) atoms. The van der Waals surface area contributed by atoms with E-state index in [1.165, 1.54) is 0 Å². The Morgan fingerprint density at radius 3 is 2.96 bits per heavy atom. The van der Waals surface area contributed by atoms with Crippen LogP contribution in [0, 0.1) is 0 Å². The Labute approximate surface area is 156 Å². The number of carbonyl (C=O) groups excluding carboxylic acids is 1. The number of imidazole rings is 1. The van der Waals surface area contributed by atoms with Crippen molar-refractivity contribution in [3.63, 3.8) is 0 Å². The first-order valence-electron chi connectivity index (χ1n) is 8.94. The van der Waals surface area contributed by atoms with Gasteiger partial charge in [0, 0.05) is 49.8 Å². The van der Waals surface area contributed by atoms with Crippen LogP contribution in [0.25, 0.3) is 11.1 Å². The minimum absolute atomic E-state index is 0.0406. The summed E-state index contributed by atoms with van der Waals surface area (Å²) >= 11 is 0. The van der Waals surface area contributed by atoms with E-state index in [1.54, 1.807) is 18.6 Å². The second-order valence-electron chi connectivity index (χ2n) is 6.54. The summed E-state index contributed by atoms with van der Waals surface area (Å²) in [7, 11) is 0. The van der Waals surface area contributed by atoms with Crippen molar-refractivity contribution in [3.8, 4) is 0 Å². The minimum atomic E-state index is -0.269. The third kappa shape index (κ3) is 4.20. The topological polar surface area (TPSA) is 97.5 Å². The van der Waals surface area contributed by atoms with Crippen LogP contribution in [-0.2, 0) is 11.3 Å². The molecule has 3 aromatic rings. The Balaban J connectivity index is 1.38. The molecule has 2 N–H and O–H groups in total. The molecule has 1 aromatic carbocycles. The highest BCUT2D eigenvalue weighted by molar-refractivity contribution is 5.91. The largest absolute Gasteiger partial charge is 0.423 e. The fraction of sp³-hybridized carbons (Fsp3) is 0.389. The standard InChI is InChI=1S/C18H22N6O3/c1-13(11-23-5-4-19-12-23)20-17(25)21-14-2-3-15-16(10-14)27-18(22-15)24-6-8-26-9-7-24/h2-5,10,12-13H,6-9,11H2,1H3,(H2,20,21,25)/t13-/m0/s1. The number of amides is 2. The van der Waals surface area contributed by atoms with Gasteiger partial charge in [0.25, 0.3) is 6.01 Å². The smallest absolute Gasteiger partial charge is 0.319 e. The van der Waals surface area contributed by atoms with E-state index in [0.29, 0.717) is 37.0 Å². The first kappa shape index (κ1) is 17.3. The summed E-state index contributed by atoms with van der Waals surface area (Å²) in [6.07, 6.45) is 5.30. The lowest BCUT2D eigenvalue weighted by Gasteiger charge is -2.24. The predicted octanol–water partition coefficient (Wildman–Crippen LogP) is 2.07. The number of nitrogens with zero attached hydrogens (tertiary/aromatic N) is 4. The molecule has 1 atom stereocenters. The first-order valence-corrected chi connectivity index (χ1v) is 8.94. The lowest BCUT2D eigenvalue weighted by Crippen LogP contribution is -2.38. The molecule has 2 amide bonds. The van der Waals surface area contributed by atoms with Gasteiger partial charge in [-0.25, -0.2) is 9.78 Å². The minimum Gasteiger partial charge on any atom is -0.423 e. The molecule has 1 aliphatic rings.